The van der Waals surface area contributed by atoms with E-state index in [0.717, 1.165) is 9.87 Å². The fourth-order valence-corrected chi connectivity index (χ4v) is 7.74. The number of hydrogen-bond donors (Lipinski definition) is 1. The van der Waals surface area contributed by atoms with Crippen molar-refractivity contribution in [3.63, 3.8) is 0 Å². The standard InChI is InChI=1S/C29H28BCl2N5O5S/c1-17(2)35-16-26-36(43(41,42)25-10-9-21(31)13-22(25)32)15-23(34-27(38)19-4-3-11-33-14-19)28(39)37(26)24(29(35)40)12-18-5-7-20(30)8-6-18/h3-11,13-14,17,23-24,26H,12,15-16H2,1-2H3,(H,34,38). The molecule has 0 spiro atoms. The Hall–Kier alpha value is -3.45. The lowest BCUT2D eigenvalue weighted by Gasteiger charge is -2.54. The van der Waals surface area contributed by atoms with Gasteiger partial charge in [-0.15, -0.1) is 0 Å². The number of carbonyl (C=O) groups excluding carboxylic acids is 3. The summed E-state index contributed by atoms with van der Waals surface area (Å²) in [6.07, 6.45) is 1.86. The van der Waals surface area contributed by atoms with Crippen molar-refractivity contribution in [2.75, 3.05) is 13.1 Å². The number of hydrogen-bond acceptors (Lipinski definition) is 6. The predicted molar refractivity (Wildman–Crippen MR) is 163 cm³/mol. The largest absolute Gasteiger partial charge is 0.339 e. The van der Waals surface area contributed by atoms with E-state index < -0.39 is 40.1 Å². The number of halogens is 2. The Bertz CT molecular complexity index is 1660. The summed E-state index contributed by atoms with van der Waals surface area (Å²) in [5, 5.41) is 2.81. The highest BCUT2D eigenvalue weighted by Crippen LogP contribution is 2.35. The number of benzene rings is 2. The highest BCUT2D eigenvalue weighted by molar-refractivity contribution is 7.89. The number of amides is 3. The van der Waals surface area contributed by atoms with Crippen molar-refractivity contribution in [3.05, 3.63) is 88.2 Å². The number of piperazine rings is 1. The molecule has 222 valence electrons. The molecule has 3 aromatic rings. The molecule has 2 aliphatic heterocycles. The van der Waals surface area contributed by atoms with Crippen LogP contribution in [0.4, 0.5) is 0 Å². The van der Waals surface area contributed by atoms with Gasteiger partial charge in [-0.1, -0.05) is 52.9 Å². The summed E-state index contributed by atoms with van der Waals surface area (Å²) in [6, 6.07) is 11.3. The van der Waals surface area contributed by atoms with Crippen LogP contribution in [0.15, 0.2) is 71.9 Å². The second-order valence-corrected chi connectivity index (χ2v) is 13.4. The summed E-state index contributed by atoms with van der Waals surface area (Å²) in [6.45, 7) is 3.19. The van der Waals surface area contributed by atoms with Crippen molar-refractivity contribution in [1.29, 1.82) is 0 Å². The molecule has 14 heteroatoms. The number of nitrogens with zero attached hydrogens (tertiary/aromatic N) is 4. The molecule has 1 aromatic heterocycles. The highest BCUT2D eigenvalue weighted by Gasteiger charge is 2.54. The lowest BCUT2D eigenvalue weighted by atomic mass is 9.92. The van der Waals surface area contributed by atoms with Crippen LogP contribution in [0.5, 0.6) is 0 Å². The summed E-state index contributed by atoms with van der Waals surface area (Å²) < 4.78 is 29.7. The van der Waals surface area contributed by atoms with Crippen LogP contribution in [-0.2, 0) is 26.0 Å². The first-order valence-electron chi connectivity index (χ1n) is 13.5. The van der Waals surface area contributed by atoms with E-state index in [1.165, 1.54) is 41.6 Å². The van der Waals surface area contributed by atoms with Gasteiger partial charge in [0.05, 0.1) is 17.1 Å². The lowest BCUT2D eigenvalue weighted by molar-refractivity contribution is -0.168. The number of carbonyl (C=O) groups is 3. The van der Waals surface area contributed by atoms with Gasteiger partial charge in [-0.25, -0.2) is 8.42 Å². The number of sulfonamides is 1. The van der Waals surface area contributed by atoms with Crippen molar-refractivity contribution in [2.24, 2.45) is 0 Å². The lowest BCUT2D eigenvalue weighted by Crippen LogP contribution is -2.76. The molecule has 2 fully saturated rings. The van der Waals surface area contributed by atoms with E-state index in [-0.39, 0.29) is 52.0 Å². The third-order valence-electron chi connectivity index (χ3n) is 7.57. The summed E-state index contributed by atoms with van der Waals surface area (Å²) >= 11 is 12.4. The van der Waals surface area contributed by atoms with Crippen LogP contribution in [0.3, 0.4) is 0 Å². The van der Waals surface area contributed by atoms with Gasteiger partial charge in [-0.05, 0) is 49.7 Å². The number of nitrogens with one attached hydrogen (secondary N) is 1. The Morgan fingerprint density at radius 3 is 2.42 bits per heavy atom. The second kappa shape index (κ2) is 12.3. The Labute approximate surface area is 261 Å². The Kier molecular flexibility index (Phi) is 8.85. The van der Waals surface area contributed by atoms with E-state index >= 15 is 0 Å². The number of pyridine rings is 1. The van der Waals surface area contributed by atoms with Crippen LogP contribution in [0.1, 0.15) is 29.8 Å². The van der Waals surface area contributed by atoms with E-state index in [2.05, 4.69) is 10.3 Å². The van der Waals surface area contributed by atoms with Crippen LogP contribution in [0.2, 0.25) is 10.0 Å². The van der Waals surface area contributed by atoms with Gasteiger partial charge >= 0.3 is 0 Å². The topological polar surface area (TPSA) is 120 Å². The molecule has 1 N–H and O–H groups in total. The van der Waals surface area contributed by atoms with Crippen LogP contribution >= 0.6 is 23.2 Å². The van der Waals surface area contributed by atoms with Gasteiger partial charge in [0.25, 0.3) is 5.91 Å². The predicted octanol–water partition coefficient (Wildman–Crippen LogP) is 2.00. The average molecular weight is 640 g/mol. The zero-order valence-corrected chi connectivity index (χ0v) is 25.7. The Balaban J connectivity index is 1.61. The molecule has 2 radical (unpaired) electrons. The van der Waals surface area contributed by atoms with Crippen molar-refractivity contribution in [1.82, 2.24) is 24.4 Å². The molecule has 43 heavy (non-hydrogen) atoms. The molecule has 0 aliphatic carbocycles. The highest BCUT2D eigenvalue weighted by atomic mass is 35.5. The Morgan fingerprint density at radius 2 is 1.79 bits per heavy atom. The smallest absolute Gasteiger partial charge is 0.253 e. The molecule has 5 rings (SSSR count). The molecule has 0 bridgehead atoms. The molecule has 3 amide bonds. The first-order valence-corrected chi connectivity index (χ1v) is 15.7. The second-order valence-electron chi connectivity index (χ2n) is 10.7. The minimum Gasteiger partial charge on any atom is -0.339 e. The number of fused-ring (bicyclic) bond motifs is 1. The molecular formula is C29H28BCl2N5O5S. The van der Waals surface area contributed by atoms with E-state index in [9.17, 15) is 22.8 Å². The zero-order valence-electron chi connectivity index (χ0n) is 23.4. The van der Waals surface area contributed by atoms with Crippen molar-refractivity contribution >= 4 is 64.3 Å². The van der Waals surface area contributed by atoms with Gasteiger partial charge in [-0.3, -0.25) is 19.4 Å². The molecule has 2 aromatic carbocycles. The summed E-state index contributed by atoms with van der Waals surface area (Å²) in [5.74, 6) is -1.53. The molecule has 3 heterocycles. The summed E-state index contributed by atoms with van der Waals surface area (Å²) in [7, 11) is 1.48. The summed E-state index contributed by atoms with van der Waals surface area (Å²) in [5.41, 5.74) is 1.44. The molecule has 2 saturated heterocycles. The normalized spacial score (nSPS) is 21.2. The maximum Gasteiger partial charge on any atom is 0.253 e. The van der Waals surface area contributed by atoms with E-state index in [1.807, 2.05) is 13.8 Å². The maximum atomic E-state index is 14.3. The SMILES string of the molecule is [B]c1ccc(CC2C(=O)N(C(C)C)CC3N2C(=O)C(NC(=O)c2cccnc2)CN3S(=O)(=O)c2ccc(Cl)cc2Cl)cc1. The minimum atomic E-state index is -4.37. The minimum absolute atomic E-state index is 0.0752. The summed E-state index contributed by atoms with van der Waals surface area (Å²) in [4.78, 5) is 47.8. The number of aromatic nitrogens is 1. The molecular weight excluding hydrogens is 612 g/mol. The van der Waals surface area contributed by atoms with Gasteiger partial charge < -0.3 is 15.1 Å². The van der Waals surface area contributed by atoms with Crippen molar-refractivity contribution < 1.29 is 22.8 Å². The third kappa shape index (κ3) is 6.15. The molecule has 3 atom stereocenters. The zero-order chi connectivity index (χ0) is 31.1. The van der Waals surface area contributed by atoms with Gasteiger partial charge in [0.15, 0.2) is 0 Å². The molecule has 2 aliphatic rings. The van der Waals surface area contributed by atoms with Gasteiger partial charge in [0.2, 0.25) is 21.8 Å². The first kappa shape index (κ1) is 31.0. The quantitative estimate of drug-likeness (QED) is 0.395. The molecule has 3 unspecified atom stereocenters. The fourth-order valence-electron chi connectivity index (χ4n) is 5.40. The Morgan fingerprint density at radius 1 is 1.07 bits per heavy atom. The van der Waals surface area contributed by atoms with Gasteiger partial charge in [0.1, 0.15) is 31.0 Å². The van der Waals surface area contributed by atoms with Crippen LogP contribution in [-0.4, -0.2) is 90.5 Å². The van der Waals surface area contributed by atoms with E-state index in [4.69, 9.17) is 31.0 Å². The molecule has 0 saturated carbocycles. The molecule has 10 nitrogen and oxygen atoms in total. The van der Waals surface area contributed by atoms with Crippen LogP contribution < -0.4 is 10.8 Å². The first-order chi connectivity index (χ1) is 20.4. The maximum absolute atomic E-state index is 14.3. The van der Waals surface area contributed by atoms with E-state index in [0.29, 0.717) is 5.46 Å². The van der Waals surface area contributed by atoms with Gasteiger partial charge in [0, 0.05) is 36.4 Å². The van der Waals surface area contributed by atoms with Crippen LogP contribution in [0.25, 0.3) is 0 Å². The average Bonchev–Trinajstić information content (AvgIpc) is 2.96. The van der Waals surface area contributed by atoms with Crippen LogP contribution in [0, 0.1) is 0 Å². The third-order valence-corrected chi connectivity index (χ3v) is 10.2. The monoisotopic (exact) mass is 639 g/mol. The fraction of sp³-hybridized carbons (Fsp3) is 0.310. The number of rotatable bonds is 7. The van der Waals surface area contributed by atoms with Crippen molar-refractivity contribution in [2.45, 2.75) is 49.5 Å². The van der Waals surface area contributed by atoms with E-state index in [1.54, 1.807) is 35.2 Å². The van der Waals surface area contributed by atoms with Crippen molar-refractivity contribution in [3.8, 4) is 0 Å². The van der Waals surface area contributed by atoms with Gasteiger partial charge in [-0.2, -0.15) is 4.31 Å².